The van der Waals surface area contributed by atoms with E-state index >= 15 is 0 Å². The van der Waals surface area contributed by atoms with Gasteiger partial charge in [0.25, 0.3) is 0 Å². The molecule has 0 spiro atoms. The Morgan fingerprint density at radius 1 is 1.54 bits per heavy atom. The Balaban J connectivity index is 0.00000288. The van der Waals surface area contributed by atoms with Crippen LogP contribution < -0.4 is 5.32 Å². The van der Waals surface area contributed by atoms with Gasteiger partial charge in [0.05, 0.1) is 6.61 Å². The molecule has 0 aliphatic heterocycles. The molecule has 1 fully saturated rings. The summed E-state index contributed by atoms with van der Waals surface area (Å²) in [5.74, 6) is 1.65. The lowest BCUT2D eigenvalue weighted by Gasteiger charge is -2.22. The van der Waals surface area contributed by atoms with Crippen LogP contribution in [0.5, 0.6) is 0 Å². The normalized spacial score (nSPS) is 14.6. The highest BCUT2D eigenvalue weighted by Gasteiger charge is 2.21. The Labute approximate surface area is 158 Å². The highest BCUT2D eigenvalue weighted by molar-refractivity contribution is 14.0. The number of likely N-dealkylation sites (N-methyl/N-ethyl adjacent to an activating group) is 1. The second-order valence-electron chi connectivity index (χ2n) is 5.64. The molecule has 0 radical (unpaired) electrons. The number of nitrogens with one attached hydrogen (secondary N) is 1. The van der Waals surface area contributed by atoms with E-state index in [1.807, 2.05) is 18.9 Å². The van der Waals surface area contributed by atoms with Crippen LogP contribution in [0, 0.1) is 5.92 Å². The lowest BCUT2D eigenvalue weighted by atomic mass is 10.5. The first-order valence-corrected chi connectivity index (χ1v) is 7.98. The second-order valence-corrected chi connectivity index (χ2v) is 5.64. The quantitative estimate of drug-likeness (QED) is 0.268. The molecule has 0 aromatic carbocycles. The minimum atomic E-state index is -2.60. The number of ether oxygens (including phenoxy) is 1. The first-order valence-electron chi connectivity index (χ1n) is 7.98. The summed E-state index contributed by atoms with van der Waals surface area (Å²) >= 11 is 0. The summed E-state index contributed by atoms with van der Waals surface area (Å²) in [6.07, 6.45) is 5.17. The van der Waals surface area contributed by atoms with Gasteiger partial charge in [-0.25, -0.2) is 9.98 Å². The van der Waals surface area contributed by atoms with Crippen molar-refractivity contribution in [1.29, 1.82) is 0 Å². The molecular weight excluding hydrogens is 431 g/mol. The number of alkyl halides is 2. The number of hydrogen-bond donors (Lipinski definition) is 1. The van der Waals surface area contributed by atoms with E-state index in [9.17, 15) is 8.78 Å². The summed E-state index contributed by atoms with van der Waals surface area (Å²) in [4.78, 5) is 10.3. The molecule has 6 nitrogen and oxygen atoms in total. The summed E-state index contributed by atoms with van der Waals surface area (Å²) in [6, 6.07) is 0. The van der Waals surface area contributed by atoms with Gasteiger partial charge in [0.1, 0.15) is 12.4 Å². The van der Waals surface area contributed by atoms with E-state index in [-0.39, 0.29) is 36.3 Å². The summed E-state index contributed by atoms with van der Waals surface area (Å²) in [6.45, 7) is 2.33. The van der Waals surface area contributed by atoms with Crippen LogP contribution >= 0.6 is 24.0 Å². The molecule has 24 heavy (non-hydrogen) atoms. The van der Waals surface area contributed by atoms with Gasteiger partial charge < -0.3 is 15.0 Å². The van der Waals surface area contributed by atoms with Crippen LogP contribution in [0.2, 0.25) is 0 Å². The van der Waals surface area contributed by atoms with Crippen LogP contribution in [0.1, 0.15) is 32.1 Å². The molecule has 0 saturated heterocycles. The van der Waals surface area contributed by atoms with Crippen molar-refractivity contribution in [3.63, 3.8) is 0 Å². The number of imidazole rings is 1. The molecule has 1 aliphatic carbocycles. The molecule has 0 amide bonds. The topological polar surface area (TPSA) is 54.7 Å². The van der Waals surface area contributed by atoms with Gasteiger partial charge in [-0.2, -0.15) is 8.78 Å². The number of halogens is 3. The predicted molar refractivity (Wildman–Crippen MR) is 99.9 cm³/mol. The highest BCUT2D eigenvalue weighted by Crippen LogP contribution is 2.28. The number of nitrogens with zero attached hydrogens (tertiary/aromatic N) is 4. The van der Waals surface area contributed by atoms with Gasteiger partial charge >= 0.3 is 6.55 Å². The van der Waals surface area contributed by atoms with Crippen molar-refractivity contribution in [2.45, 2.75) is 32.9 Å². The van der Waals surface area contributed by atoms with Crippen molar-refractivity contribution in [2.75, 3.05) is 33.4 Å². The molecule has 0 bridgehead atoms. The van der Waals surface area contributed by atoms with Crippen LogP contribution in [0.4, 0.5) is 8.78 Å². The Kier molecular flexibility index (Phi) is 9.49. The van der Waals surface area contributed by atoms with E-state index in [0.29, 0.717) is 25.7 Å². The fraction of sp³-hybridized carbons (Fsp3) is 0.733. The number of aromatic nitrogens is 2. The summed E-state index contributed by atoms with van der Waals surface area (Å²) in [5.41, 5.74) is 0. The van der Waals surface area contributed by atoms with Crippen molar-refractivity contribution >= 4 is 29.9 Å². The van der Waals surface area contributed by atoms with Crippen LogP contribution in [0.15, 0.2) is 17.4 Å². The molecule has 9 heteroatoms. The van der Waals surface area contributed by atoms with Gasteiger partial charge in [0, 0.05) is 39.1 Å². The molecule has 2 rings (SSSR count). The minimum absolute atomic E-state index is 0. The Morgan fingerprint density at radius 3 is 2.92 bits per heavy atom. The first-order chi connectivity index (χ1) is 11.1. The van der Waals surface area contributed by atoms with E-state index in [0.717, 1.165) is 17.1 Å². The SMILES string of the molecule is CCNC(=NCc1nccn1C(F)F)N(C)CCOCC1CC1.I. The van der Waals surface area contributed by atoms with Gasteiger partial charge in [-0.15, -0.1) is 24.0 Å². The van der Waals surface area contributed by atoms with Crippen LogP contribution in [0.3, 0.4) is 0 Å². The maximum absolute atomic E-state index is 12.8. The third-order valence-corrected chi connectivity index (χ3v) is 3.65. The smallest absolute Gasteiger partial charge is 0.319 e. The zero-order chi connectivity index (χ0) is 16.7. The first kappa shape index (κ1) is 21.1. The maximum Gasteiger partial charge on any atom is 0.319 e. The lowest BCUT2D eigenvalue weighted by Crippen LogP contribution is -2.40. The van der Waals surface area contributed by atoms with Crippen molar-refractivity contribution in [2.24, 2.45) is 10.9 Å². The van der Waals surface area contributed by atoms with Gasteiger partial charge in [-0.3, -0.25) is 4.57 Å². The number of aliphatic imine (C=N–C) groups is 1. The fourth-order valence-corrected chi connectivity index (χ4v) is 2.10. The average molecular weight is 457 g/mol. The molecule has 1 heterocycles. The summed E-state index contributed by atoms with van der Waals surface area (Å²) < 4.78 is 32.0. The zero-order valence-electron chi connectivity index (χ0n) is 14.1. The third-order valence-electron chi connectivity index (χ3n) is 3.65. The number of guanidine groups is 1. The molecule has 1 aromatic rings. The molecule has 1 N–H and O–H groups in total. The summed E-state index contributed by atoms with van der Waals surface area (Å²) in [7, 11) is 1.90. The average Bonchev–Trinajstić information content (AvgIpc) is 3.22. The van der Waals surface area contributed by atoms with Crippen molar-refractivity contribution in [3.8, 4) is 0 Å². The number of hydrogen-bond acceptors (Lipinski definition) is 3. The lowest BCUT2D eigenvalue weighted by molar-refractivity contribution is 0.0671. The standard InChI is InChI=1S/C15H25F2N5O.HI/c1-3-18-15(21(2)8-9-23-11-12-4-5-12)20-10-13-19-6-7-22(13)14(16)17;/h6-7,12,14H,3-5,8-11H2,1-2H3,(H,18,20);1H. The molecule has 1 aromatic heterocycles. The van der Waals surface area contributed by atoms with E-state index in [1.54, 1.807) is 0 Å². The molecule has 0 unspecified atom stereocenters. The van der Waals surface area contributed by atoms with Crippen molar-refractivity contribution in [3.05, 3.63) is 18.2 Å². The Morgan fingerprint density at radius 2 is 2.29 bits per heavy atom. The molecule has 0 atom stereocenters. The van der Waals surface area contributed by atoms with E-state index in [1.165, 1.54) is 25.2 Å². The molecule has 1 saturated carbocycles. The van der Waals surface area contributed by atoms with E-state index in [4.69, 9.17) is 4.74 Å². The maximum atomic E-state index is 12.8. The second kappa shape index (κ2) is 10.8. The van der Waals surface area contributed by atoms with Crippen LogP contribution in [-0.2, 0) is 11.3 Å². The molecular formula is C15H26F2IN5O. The summed E-state index contributed by atoms with van der Waals surface area (Å²) in [5, 5.41) is 3.15. The van der Waals surface area contributed by atoms with Gasteiger partial charge in [0.15, 0.2) is 5.96 Å². The monoisotopic (exact) mass is 457 g/mol. The van der Waals surface area contributed by atoms with Gasteiger partial charge in [-0.05, 0) is 25.7 Å². The van der Waals surface area contributed by atoms with Gasteiger partial charge in [-0.1, -0.05) is 0 Å². The van der Waals surface area contributed by atoms with Gasteiger partial charge in [0.2, 0.25) is 0 Å². The minimum Gasteiger partial charge on any atom is -0.379 e. The highest BCUT2D eigenvalue weighted by atomic mass is 127. The third kappa shape index (κ3) is 6.88. The Hall–Kier alpha value is -0.970. The zero-order valence-corrected chi connectivity index (χ0v) is 16.5. The van der Waals surface area contributed by atoms with Crippen LogP contribution in [-0.4, -0.2) is 53.8 Å². The number of rotatable bonds is 9. The largest absolute Gasteiger partial charge is 0.379 e. The fourth-order valence-electron chi connectivity index (χ4n) is 2.10. The van der Waals surface area contributed by atoms with E-state index in [2.05, 4.69) is 15.3 Å². The molecule has 1 aliphatic rings. The van der Waals surface area contributed by atoms with Crippen molar-refractivity contribution < 1.29 is 13.5 Å². The molecule has 138 valence electrons. The Bertz CT molecular complexity index is 508. The van der Waals surface area contributed by atoms with E-state index < -0.39 is 6.55 Å². The van der Waals surface area contributed by atoms with Crippen molar-refractivity contribution in [1.82, 2.24) is 19.8 Å². The predicted octanol–water partition coefficient (Wildman–Crippen LogP) is 2.72. The van der Waals surface area contributed by atoms with Crippen LogP contribution in [0.25, 0.3) is 0 Å².